The SMILES string of the molecule is CC(C)CCOC(=O)/C=C/c1ccccc1OCCC(C)C. The van der Waals surface area contributed by atoms with Crippen molar-refractivity contribution in [2.45, 2.75) is 40.5 Å². The van der Waals surface area contributed by atoms with E-state index in [1.54, 1.807) is 6.08 Å². The molecule has 0 saturated heterocycles. The molecule has 0 aliphatic rings. The molecule has 0 bridgehead atoms. The number of carbonyl (C=O) groups excluding carboxylic acids is 1. The molecule has 22 heavy (non-hydrogen) atoms. The number of hydrogen-bond donors (Lipinski definition) is 0. The van der Waals surface area contributed by atoms with Crippen LogP contribution in [0.4, 0.5) is 0 Å². The second-order valence-corrected chi connectivity index (χ2v) is 6.25. The van der Waals surface area contributed by atoms with Crippen LogP contribution in [-0.4, -0.2) is 19.2 Å². The lowest BCUT2D eigenvalue weighted by molar-refractivity contribution is -0.137. The molecule has 0 aliphatic carbocycles. The highest BCUT2D eigenvalue weighted by Crippen LogP contribution is 2.20. The zero-order valence-electron chi connectivity index (χ0n) is 14.2. The summed E-state index contributed by atoms with van der Waals surface area (Å²) >= 11 is 0. The Bertz CT molecular complexity index is 475. The maximum atomic E-state index is 11.7. The molecule has 0 N–H and O–H groups in total. The summed E-state index contributed by atoms with van der Waals surface area (Å²) in [5.74, 6) is 1.64. The number of carbonyl (C=O) groups is 1. The van der Waals surface area contributed by atoms with Crippen LogP contribution in [0.15, 0.2) is 30.3 Å². The van der Waals surface area contributed by atoms with Crippen molar-refractivity contribution in [3.05, 3.63) is 35.9 Å². The van der Waals surface area contributed by atoms with Crippen molar-refractivity contribution in [3.63, 3.8) is 0 Å². The third-order valence-electron chi connectivity index (χ3n) is 3.21. The van der Waals surface area contributed by atoms with Crippen LogP contribution in [0.1, 0.15) is 46.1 Å². The van der Waals surface area contributed by atoms with Crippen LogP contribution in [0, 0.1) is 11.8 Å². The number of rotatable bonds is 9. The average molecular weight is 304 g/mol. The fourth-order valence-electron chi connectivity index (χ4n) is 1.76. The first kappa shape index (κ1) is 18.3. The molecule has 0 saturated carbocycles. The minimum absolute atomic E-state index is 0.308. The van der Waals surface area contributed by atoms with Crippen molar-refractivity contribution < 1.29 is 14.3 Å². The van der Waals surface area contributed by atoms with Crippen molar-refractivity contribution in [2.75, 3.05) is 13.2 Å². The molecule has 0 aromatic heterocycles. The first-order valence-electron chi connectivity index (χ1n) is 8.05. The van der Waals surface area contributed by atoms with E-state index in [1.165, 1.54) is 6.08 Å². The van der Waals surface area contributed by atoms with Gasteiger partial charge in [0, 0.05) is 11.6 Å². The predicted molar refractivity (Wildman–Crippen MR) is 90.8 cm³/mol. The molecule has 0 heterocycles. The van der Waals surface area contributed by atoms with Gasteiger partial charge < -0.3 is 9.47 Å². The second kappa shape index (κ2) is 10.0. The summed E-state index contributed by atoms with van der Waals surface area (Å²) in [6.45, 7) is 9.70. The first-order valence-corrected chi connectivity index (χ1v) is 8.05. The van der Waals surface area contributed by atoms with E-state index in [9.17, 15) is 4.79 Å². The lowest BCUT2D eigenvalue weighted by atomic mass is 10.1. The number of benzene rings is 1. The third kappa shape index (κ3) is 7.87. The molecule has 0 fully saturated rings. The van der Waals surface area contributed by atoms with Crippen LogP contribution in [0.5, 0.6) is 5.75 Å². The van der Waals surface area contributed by atoms with Crippen molar-refractivity contribution in [3.8, 4) is 5.75 Å². The lowest BCUT2D eigenvalue weighted by Crippen LogP contribution is -2.05. The van der Waals surface area contributed by atoms with Crippen molar-refractivity contribution >= 4 is 12.0 Å². The molecular formula is C19H28O3. The van der Waals surface area contributed by atoms with Gasteiger partial charge in [-0.05, 0) is 36.8 Å². The highest BCUT2D eigenvalue weighted by Gasteiger charge is 2.03. The van der Waals surface area contributed by atoms with Crippen LogP contribution in [0.3, 0.4) is 0 Å². The molecule has 0 radical (unpaired) electrons. The Labute approximate surface area is 134 Å². The number of hydrogen-bond acceptors (Lipinski definition) is 3. The highest BCUT2D eigenvalue weighted by atomic mass is 16.5. The van der Waals surface area contributed by atoms with Gasteiger partial charge in [-0.2, -0.15) is 0 Å². The zero-order chi connectivity index (χ0) is 16.4. The Hall–Kier alpha value is -1.77. The summed E-state index contributed by atoms with van der Waals surface area (Å²) < 4.78 is 10.9. The van der Waals surface area contributed by atoms with Gasteiger partial charge in [0.1, 0.15) is 5.75 Å². The fourth-order valence-corrected chi connectivity index (χ4v) is 1.76. The molecule has 0 aliphatic heterocycles. The van der Waals surface area contributed by atoms with Gasteiger partial charge in [0.15, 0.2) is 0 Å². The van der Waals surface area contributed by atoms with E-state index in [2.05, 4.69) is 27.7 Å². The van der Waals surface area contributed by atoms with Gasteiger partial charge in [-0.15, -0.1) is 0 Å². The Morgan fingerprint density at radius 3 is 2.36 bits per heavy atom. The average Bonchev–Trinajstić information content (AvgIpc) is 2.45. The summed E-state index contributed by atoms with van der Waals surface area (Å²) in [6.07, 6.45) is 5.11. The van der Waals surface area contributed by atoms with E-state index >= 15 is 0 Å². The minimum Gasteiger partial charge on any atom is -0.493 e. The summed E-state index contributed by atoms with van der Waals surface area (Å²) in [6, 6.07) is 7.72. The van der Waals surface area contributed by atoms with Crippen LogP contribution in [0.2, 0.25) is 0 Å². The second-order valence-electron chi connectivity index (χ2n) is 6.25. The quantitative estimate of drug-likeness (QED) is 0.489. The molecule has 1 aromatic carbocycles. The van der Waals surface area contributed by atoms with E-state index in [-0.39, 0.29) is 5.97 Å². The third-order valence-corrected chi connectivity index (χ3v) is 3.21. The van der Waals surface area contributed by atoms with E-state index in [0.717, 1.165) is 24.2 Å². The number of para-hydroxylation sites is 1. The smallest absolute Gasteiger partial charge is 0.330 e. The van der Waals surface area contributed by atoms with Gasteiger partial charge in [-0.3, -0.25) is 0 Å². The van der Waals surface area contributed by atoms with Gasteiger partial charge in [0.05, 0.1) is 13.2 Å². The van der Waals surface area contributed by atoms with Crippen LogP contribution >= 0.6 is 0 Å². The molecule has 3 heteroatoms. The molecule has 0 spiro atoms. The van der Waals surface area contributed by atoms with Gasteiger partial charge in [0.2, 0.25) is 0 Å². The summed E-state index contributed by atoms with van der Waals surface area (Å²) in [4.78, 5) is 11.7. The largest absolute Gasteiger partial charge is 0.493 e. The zero-order valence-corrected chi connectivity index (χ0v) is 14.2. The van der Waals surface area contributed by atoms with Crippen molar-refractivity contribution in [2.24, 2.45) is 11.8 Å². The minimum atomic E-state index is -0.308. The van der Waals surface area contributed by atoms with Crippen LogP contribution < -0.4 is 4.74 Å². The Morgan fingerprint density at radius 2 is 1.68 bits per heavy atom. The molecule has 3 nitrogen and oxygen atoms in total. The lowest BCUT2D eigenvalue weighted by Gasteiger charge is -2.10. The van der Waals surface area contributed by atoms with E-state index in [0.29, 0.717) is 25.0 Å². The van der Waals surface area contributed by atoms with Gasteiger partial charge >= 0.3 is 5.97 Å². The van der Waals surface area contributed by atoms with E-state index < -0.39 is 0 Å². The van der Waals surface area contributed by atoms with Gasteiger partial charge in [0.25, 0.3) is 0 Å². The van der Waals surface area contributed by atoms with Crippen molar-refractivity contribution in [1.82, 2.24) is 0 Å². The normalized spacial score (nSPS) is 11.4. The molecule has 1 rings (SSSR count). The van der Waals surface area contributed by atoms with E-state index in [1.807, 2.05) is 24.3 Å². The molecule has 0 unspecified atom stereocenters. The molecular weight excluding hydrogens is 276 g/mol. The number of esters is 1. The van der Waals surface area contributed by atoms with Gasteiger partial charge in [-0.25, -0.2) is 4.79 Å². The standard InChI is InChI=1S/C19H28O3/c1-15(2)11-13-21-18-8-6-5-7-17(18)9-10-19(20)22-14-12-16(3)4/h5-10,15-16H,11-14H2,1-4H3/b10-9+. The summed E-state index contributed by atoms with van der Waals surface area (Å²) in [5.41, 5.74) is 0.895. The molecule has 1 aromatic rings. The maximum Gasteiger partial charge on any atom is 0.330 e. The summed E-state index contributed by atoms with van der Waals surface area (Å²) in [7, 11) is 0. The predicted octanol–water partition coefficient (Wildman–Crippen LogP) is 4.71. The molecule has 0 amide bonds. The van der Waals surface area contributed by atoms with Crippen molar-refractivity contribution in [1.29, 1.82) is 0 Å². The Morgan fingerprint density at radius 1 is 1.05 bits per heavy atom. The first-order chi connectivity index (χ1) is 10.5. The topological polar surface area (TPSA) is 35.5 Å². The van der Waals surface area contributed by atoms with Gasteiger partial charge in [-0.1, -0.05) is 45.9 Å². The number of ether oxygens (including phenoxy) is 2. The monoisotopic (exact) mass is 304 g/mol. The van der Waals surface area contributed by atoms with Crippen LogP contribution in [-0.2, 0) is 9.53 Å². The molecule has 0 atom stereocenters. The molecule has 122 valence electrons. The fraction of sp³-hybridized carbons (Fsp3) is 0.526. The van der Waals surface area contributed by atoms with E-state index in [4.69, 9.17) is 9.47 Å². The maximum absolute atomic E-state index is 11.7. The Balaban J connectivity index is 2.53. The highest BCUT2D eigenvalue weighted by molar-refractivity contribution is 5.87. The Kier molecular flexibility index (Phi) is 8.34. The summed E-state index contributed by atoms with van der Waals surface area (Å²) in [5, 5.41) is 0. The van der Waals surface area contributed by atoms with Crippen LogP contribution in [0.25, 0.3) is 6.08 Å².